The van der Waals surface area contributed by atoms with Crippen LogP contribution >= 0.6 is 0 Å². The second-order valence-electron chi connectivity index (χ2n) is 3.94. The van der Waals surface area contributed by atoms with E-state index in [1.807, 2.05) is 20.8 Å². The van der Waals surface area contributed by atoms with Crippen LogP contribution in [0.1, 0.15) is 33.6 Å². The van der Waals surface area contributed by atoms with Crippen LogP contribution in [0, 0.1) is 5.41 Å². The van der Waals surface area contributed by atoms with Gasteiger partial charge in [-0.3, -0.25) is 4.79 Å². The maximum absolute atomic E-state index is 11.5. The fourth-order valence-electron chi connectivity index (χ4n) is 0.767. The first-order valence-electron chi connectivity index (χ1n) is 5.43. The topological polar surface area (TPSA) is 75.6 Å². The minimum atomic E-state index is -0.805. The number of ether oxygens (including phenoxy) is 1. The number of amides is 1. The molecule has 0 aliphatic rings. The molecule has 0 rings (SSSR count). The van der Waals surface area contributed by atoms with Gasteiger partial charge in [-0.25, -0.2) is 4.79 Å². The summed E-state index contributed by atoms with van der Waals surface area (Å²) in [6.45, 7) is 6.14. The Morgan fingerprint density at radius 2 is 2.20 bits per heavy atom. The fraction of sp³-hybridized carbons (Fsp3) is 0.800. The smallest absolute Gasteiger partial charge is 0.404 e. The zero-order valence-corrected chi connectivity index (χ0v) is 9.46. The standard InChI is InChI=1S/C10H19NO4/c1-4-10(2,3)8(12)15-7-5-6-11-9(13)14/h11H,4-7H2,1-3H3,(H,13,14)/i/hT. The van der Waals surface area contributed by atoms with E-state index in [2.05, 4.69) is 10.4 Å². The Labute approximate surface area is 91.3 Å². The van der Waals surface area contributed by atoms with Gasteiger partial charge in [0.1, 0.15) is 0 Å². The lowest BCUT2D eigenvalue weighted by Crippen LogP contribution is -2.27. The van der Waals surface area contributed by atoms with Gasteiger partial charge in [0.15, 0.2) is 0 Å². The summed E-state index contributed by atoms with van der Waals surface area (Å²) in [6, 6.07) is 0. The number of carbonyl (C=O) groups excluding carboxylic acids is 1. The van der Waals surface area contributed by atoms with E-state index in [0.717, 1.165) is 6.42 Å². The number of carboxylic acid groups (broad SMARTS) is 1. The highest BCUT2D eigenvalue weighted by Gasteiger charge is 2.26. The highest BCUT2D eigenvalue weighted by molar-refractivity contribution is 5.75. The van der Waals surface area contributed by atoms with Crippen molar-refractivity contribution in [3.63, 3.8) is 0 Å². The molecule has 5 nitrogen and oxygen atoms in total. The molecular weight excluding hydrogens is 198 g/mol. The summed E-state index contributed by atoms with van der Waals surface area (Å²) in [5, 5.41) is 5.96. The van der Waals surface area contributed by atoms with Crippen LogP contribution < -0.4 is 5.32 Å². The van der Waals surface area contributed by atoms with Gasteiger partial charge in [-0.1, -0.05) is 6.92 Å². The first-order chi connectivity index (χ1) is 7.44. The Kier molecular flexibility index (Phi) is 4.93. The molecule has 0 atom stereocenters. The third kappa shape index (κ3) is 5.93. The molecule has 0 aromatic carbocycles. The van der Waals surface area contributed by atoms with E-state index in [-0.39, 0.29) is 12.6 Å². The minimum absolute atomic E-state index is 0.238. The van der Waals surface area contributed by atoms with E-state index in [4.69, 9.17) is 6.17 Å². The van der Waals surface area contributed by atoms with Gasteiger partial charge in [-0.05, 0) is 26.7 Å². The molecule has 1 amide bonds. The van der Waals surface area contributed by atoms with E-state index in [0.29, 0.717) is 13.0 Å². The van der Waals surface area contributed by atoms with Gasteiger partial charge < -0.3 is 15.2 Å². The molecule has 0 saturated heterocycles. The summed E-state index contributed by atoms with van der Waals surface area (Å²) >= 11 is 0. The lowest BCUT2D eigenvalue weighted by molar-refractivity contribution is -0.154. The number of carbonyl (C=O) groups is 2. The SMILES string of the molecule is [3H]OC(=O)NCCCOC(=O)C(C)(C)CC. The average molecular weight is 219 g/mol. The number of hydrogen-bond acceptors (Lipinski definition) is 4. The van der Waals surface area contributed by atoms with E-state index in [1.54, 1.807) is 0 Å². The zero-order chi connectivity index (χ0) is 12.6. The summed E-state index contributed by atoms with van der Waals surface area (Å²) < 4.78 is 11.3. The summed E-state index contributed by atoms with van der Waals surface area (Å²) in [4.78, 5) is 22.0. The van der Waals surface area contributed by atoms with Crippen molar-refractivity contribution in [1.82, 2.24) is 5.32 Å². The summed E-state index contributed by atoms with van der Waals surface area (Å²) in [7, 11) is 0. The molecule has 5 heteroatoms. The van der Waals surface area contributed by atoms with Crippen LogP contribution in [0.15, 0.2) is 0 Å². The predicted octanol–water partition coefficient (Wildman–Crippen LogP) is 1.62. The third-order valence-electron chi connectivity index (χ3n) is 2.26. The molecule has 88 valence electrons. The Hall–Kier alpha value is -1.26. The van der Waals surface area contributed by atoms with Crippen molar-refractivity contribution in [3.05, 3.63) is 0 Å². The maximum Gasteiger partial charge on any atom is 0.404 e. The summed E-state index contributed by atoms with van der Waals surface area (Å²) in [5.41, 5.74) is -0.465. The summed E-state index contributed by atoms with van der Waals surface area (Å²) in [5.74, 6) is -0.238. The van der Waals surface area contributed by atoms with Crippen LogP contribution in [-0.4, -0.2) is 30.3 Å². The van der Waals surface area contributed by atoms with E-state index in [9.17, 15) is 9.59 Å². The van der Waals surface area contributed by atoms with Gasteiger partial charge in [-0.2, -0.15) is 0 Å². The fourth-order valence-corrected chi connectivity index (χ4v) is 0.767. The van der Waals surface area contributed by atoms with Crippen molar-refractivity contribution in [1.29, 1.82) is 1.43 Å². The Morgan fingerprint density at radius 3 is 2.73 bits per heavy atom. The van der Waals surface area contributed by atoms with Gasteiger partial charge in [0.25, 0.3) is 1.43 Å². The molecular formula is C10H19NO4. The molecule has 0 radical (unpaired) electrons. The molecule has 2 N–H and O–H groups in total. The lowest BCUT2D eigenvalue weighted by Gasteiger charge is -2.20. The number of esters is 1. The van der Waals surface area contributed by atoms with Crippen LogP contribution in [0.2, 0.25) is 0 Å². The third-order valence-corrected chi connectivity index (χ3v) is 2.26. The van der Waals surface area contributed by atoms with E-state index >= 15 is 0 Å². The zero-order valence-electron chi connectivity index (χ0n) is 10.5. The molecule has 0 aromatic rings. The highest BCUT2D eigenvalue weighted by atomic mass is 16.5. The van der Waals surface area contributed by atoms with Crippen molar-refractivity contribution in [2.45, 2.75) is 33.6 Å². The van der Waals surface area contributed by atoms with Crippen molar-refractivity contribution < 1.29 is 19.4 Å². The van der Waals surface area contributed by atoms with Crippen LogP contribution in [-0.2, 0) is 9.53 Å². The molecule has 0 aliphatic carbocycles. The molecule has 0 saturated carbocycles. The summed E-state index contributed by atoms with van der Waals surface area (Å²) in [6.07, 6.45) is 0.413. The number of nitrogens with one attached hydrogen (secondary N) is 1. The largest absolute Gasteiger partial charge is 0.465 e. The van der Waals surface area contributed by atoms with Crippen molar-refractivity contribution >= 4 is 12.1 Å². The van der Waals surface area contributed by atoms with Crippen LogP contribution in [0.5, 0.6) is 0 Å². The first-order valence-corrected chi connectivity index (χ1v) is 5.02. The van der Waals surface area contributed by atoms with Crippen molar-refractivity contribution in [3.8, 4) is 0 Å². The van der Waals surface area contributed by atoms with Gasteiger partial charge in [0, 0.05) is 6.54 Å². The van der Waals surface area contributed by atoms with Crippen LogP contribution in [0.3, 0.4) is 0 Å². The van der Waals surface area contributed by atoms with Crippen LogP contribution in [0.4, 0.5) is 4.79 Å². The molecule has 15 heavy (non-hydrogen) atoms. The molecule has 0 aromatic heterocycles. The lowest BCUT2D eigenvalue weighted by atomic mass is 9.91. The van der Waals surface area contributed by atoms with E-state index in [1.165, 1.54) is 0 Å². The van der Waals surface area contributed by atoms with Gasteiger partial charge in [0.2, 0.25) is 0 Å². The minimum Gasteiger partial charge on any atom is -0.465 e. The number of hydrogen-bond donors (Lipinski definition) is 2. The second kappa shape index (κ2) is 6.27. The average Bonchev–Trinajstić information content (AvgIpc) is 2.27. The molecule has 0 bridgehead atoms. The Bertz CT molecular complexity index is 243. The van der Waals surface area contributed by atoms with Crippen LogP contribution in [0.25, 0.3) is 1.43 Å². The van der Waals surface area contributed by atoms with Crippen molar-refractivity contribution in [2.75, 3.05) is 13.2 Å². The molecule has 0 aliphatic heterocycles. The molecule has 0 fully saturated rings. The first kappa shape index (κ1) is 11.8. The Morgan fingerprint density at radius 1 is 1.53 bits per heavy atom. The quantitative estimate of drug-likeness (QED) is 0.526. The molecule has 0 spiro atoms. The van der Waals surface area contributed by atoms with Crippen molar-refractivity contribution in [2.24, 2.45) is 5.41 Å². The monoisotopic (exact) mass is 219 g/mol. The predicted molar refractivity (Wildman–Crippen MR) is 55.7 cm³/mol. The number of rotatable bonds is 6. The second-order valence-corrected chi connectivity index (χ2v) is 3.94. The van der Waals surface area contributed by atoms with Gasteiger partial charge in [-0.15, -0.1) is 0 Å². The Balaban J connectivity index is 3.60. The highest BCUT2D eigenvalue weighted by Crippen LogP contribution is 2.21. The molecule has 0 heterocycles. The maximum atomic E-state index is 11.5. The van der Waals surface area contributed by atoms with Gasteiger partial charge >= 0.3 is 12.1 Å². The normalized spacial score (nSPS) is 11.5. The van der Waals surface area contributed by atoms with Gasteiger partial charge in [0.05, 0.1) is 12.0 Å². The van der Waals surface area contributed by atoms with E-state index < -0.39 is 11.5 Å². The molecule has 0 unspecified atom stereocenters.